The number of anilines is 1. The van der Waals surface area contributed by atoms with Crippen LogP contribution >= 0.6 is 0 Å². The molecule has 0 unspecified atom stereocenters. The fourth-order valence-electron chi connectivity index (χ4n) is 2.23. The van der Waals surface area contributed by atoms with Crippen molar-refractivity contribution in [1.29, 1.82) is 0 Å². The molecule has 1 aromatic carbocycles. The average molecular weight is 292 g/mol. The molecule has 1 aromatic rings. The summed E-state index contributed by atoms with van der Waals surface area (Å²) in [7, 11) is 0. The molecule has 2 amide bonds. The third-order valence-electron chi connectivity index (χ3n) is 3.23. The van der Waals surface area contributed by atoms with E-state index in [1.807, 2.05) is 13.8 Å². The van der Waals surface area contributed by atoms with Gasteiger partial charge in [-0.1, -0.05) is 26.2 Å². The van der Waals surface area contributed by atoms with Gasteiger partial charge in [0.25, 0.3) is 0 Å². The normalized spacial score (nSPS) is 14.8. The minimum atomic E-state index is -0.650. The molecule has 0 saturated heterocycles. The highest BCUT2D eigenvalue weighted by Gasteiger charge is 2.31. The Hall–Kier alpha value is -1.91. The number of benzene rings is 1. The van der Waals surface area contributed by atoms with Gasteiger partial charge in [0.2, 0.25) is 5.79 Å². The lowest BCUT2D eigenvalue weighted by Gasteiger charge is -2.16. The monoisotopic (exact) mass is 292 g/mol. The van der Waals surface area contributed by atoms with Crippen molar-refractivity contribution >= 4 is 11.7 Å². The van der Waals surface area contributed by atoms with Crippen molar-refractivity contribution < 1.29 is 14.3 Å². The Kier molecular flexibility index (Phi) is 4.94. The summed E-state index contributed by atoms with van der Waals surface area (Å²) in [5.41, 5.74) is 0.695. The van der Waals surface area contributed by atoms with Crippen LogP contribution in [-0.2, 0) is 0 Å². The maximum atomic E-state index is 11.8. The highest BCUT2D eigenvalue weighted by atomic mass is 16.7. The standard InChI is InChI=1S/C16H24N2O3/c1-4-5-6-7-10-17-15(19)18-12-8-9-13-14(11-12)21-16(2,3)20-13/h8-9,11H,4-7,10H2,1-3H3,(H2,17,18,19). The second-order valence-electron chi connectivity index (χ2n) is 5.71. The van der Waals surface area contributed by atoms with Crippen molar-refractivity contribution in [2.75, 3.05) is 11.9 Å². The van der Waals surface area contributed by atoms with Crippen molar-refractivity contribution in [2.24, 2.45) is 0 Å². The molecule has 21 heavy (non-hydrogen) atoms. The number of ether oxygens (including phenoxy) is 2. The quantitative estimate of drug-likeness (QED) is 0.782. The number of hydrogen-bond acceptors (Lipinski definition) is 3. The Morgan fingerprint density at radius 3 is 2.67 bits per heavy atom. The highest BCUT2D eigenvalue weighted by Crippen LogP contribution is 2.40. The number of urea groups is 1. The van der Waals surface area contributed by atoms with Crippen LogP contribution in [0.3, 0.4) is 0 Å². The summed E-state index contributed by atoms with van der Waals surface area (Å²) < 4.78 is 11.3. The smallest absolute Gasteiger partial charge is 0.319 e. The lowest BCUT2D eigenvalue weighted by Crippen LogP contribution is -2.30. The molecule has 0 bridgehead atoms. The maximum absolute atomic E-state index is 11.8. The van der Waals surface area contributed by atoms with Crippen LogP contribution in [0.15, 0.2) is 18.2 Å². The Labute approximate surface area is 126 Å². The second kappa shape index (κ2) is 6.70. The van der Waals surface area contributed by atoms with Gasteiger partial charge in [-0.25, -0.2) is 4.79 Å². The van der Waals surface area contributed by atoms with E-state index in [2.05, 4.69) is 17.6 Å². The van der Waals surface area contributed by atoms with Gasteiger partial charge in [0.1, 0.15) is 0 Å². The fourth-order valence-corrected chi connectivity index (χ4v) is 2.23. The van der Waals surface area contributed by atoms with E-state index in [0.29, 0.717) is 23.7 Å². The molecular formula is C16H24N2O3. The summed E-state index contributed by atoms with van der Waals surface area (Å²) in [5.74, 6) is 0.703. The molecule has 0 spiro atoms. The zero-order valence-electron chi connectivity index (χ0n) is 13.0. The predicted molar refractivity (Wildman–Crippen MR) is 82.9 cm³/mol. The highest BCUT2D eigenvalue weighted by molar-refractivity contribution is 5.89. The fraction of sp³-hybridized carbons (Fsp3) is 0.562. The molecule has 1 aliphatic rings. The zero-order valence-corrected chi connectivity index (χ0v) is 13.0. The summed E-state index contributed by atoms with van der Waals surface area (Å²) in [6, 6.07) is 5.20. The van der Waals surface area contributed by atoms with Crippen LogP contribution in [0.5, 0.6) is 11.5 Å². The Balaban J connectivity index is 1.80. The minimum absolute atomic E-state index is 0.190. The van der Waals surface area contributed by atoms with Crippen LogP contribution in [0.2, 0.25) is 0 Å². The number of fused-ring (bicyclic) bond motifs is 1. The van der Waals surface area contributed by atoms with E-state index in [0.717, 1.165) is 12.8 Å². The summed E-state index contributed by atoms with van der Waals surface area (Å²) in [5, 5.41) is 5.66. The Bertz CT molecular complexity index is 500. The van der Waals surface area contributed by atoms with Crippen molar-refractivity contribution in [3.05, 3.63) is 18.2 Å². The number of rotatable bonds is 6. The van der Waals surface area contributed by atoms with Crippen molar-refractivity contribution in [2.45, 2.75) is 52.2 Å². The van der Waals surface area contributed by atoms with E-state index < -0.39 is 5.79 Å². The minimum Gasteiger partial charge on any atom is -0.449 e. The molecule has 5 heteroatoms. The molecule has 5 nitrogen and oxygen atoms in total. The van der Waals surface area contributed by atoms with Crippen molar-refractivity contribution in [1.82, 2.24) is 5.32 Å². The summed E-state index contributed by atoms with van der Waals surface area (Å²) in [6.45, 7) is 6.57. The van der Waals surface area contributed by atoms with Crippen molar-refractivity contribution in [3.8, 4) is 11.5 Å². The van der Waals surface area contributed by atoms with E-state index in [-0.39, 0.29) is 6.03 Å². The third kappa shape index (κ3) is 4.55. The van der Waals surface area contributed by atoms with E-state index in [4.69, 9.17) is 9.47 Å². The lowest BCUT2D eigenvalue weighted by atomic mass is 10.2. The van der Waals surface area contributed by atoms with Gasteiger partial charge < -0.3 is 20.1 Å². The third-order valence-corrected chi connectivity index (χ3v) is 3.23. The first kappa shape index (κ1) is 15.5. The molecule has 0 atom stereocenters. The van der Waals surface area contributed by atoms with Gasteiger partial charge in [-0.2, -0.15) is 0 Å². The molecule has 2 rings (SSSR count). The number of nitrogens with one attached hydrogen (secondary N) is 2. The number of hydrogen-bond donors (Lipinski definition) is 2. The Morgan fingerprint density at radius 2 is 1.90 bits per heavy atom. The summed E-state index contributed by atoms with van der Waals surface area (Å²) in [4.78, 5) is 11.8. The summed E-state index contributed by atoms with van der Waals surface area (Å²) >= 11 is 0. The van der Waals surface area contributed by atoms with Crippen LogP contribution in [0.4, 0.5) is 10.5 Å². The molecule has 2 N–H and O–H groups in total. The second-order valence-corrected chi connectivity index (χ2v) is 5.71. The summed E-state index contributed by atoms with van der Waals surface area (Å²) in [6.07, 6.45) is 4.56. The van der Waals surface area contributed by atoms with E-state index in [9.17, 15) is 4.79 Å². The van der Waals surface area contributed by atoms with Crippen LogP contribution in [0, 0.1) is 0 Å². The molecule has 0 aromatic heterocycles. The van der Waals surface area contributed by atoms with Crippen molar-refractivity contribution in [3.63, 3.8) is 0 Å². The molecule has 0 fully saturated rings. The molecular weight excluding hydrogens is 268 g/mol. The molecule has 0 saturated carbocycles. The first-order valence-corrected chi connectivity index (χ1v) is 7.57. The van der Waals surface area contributed by atoms with Gasteiger partial charge in [-0.15, -0.1) is 0 Å². The van der Waals surface area contributed by atoms with Crippen LogP contribution in [0.1, 0.15) is 46.5 Å². The first-order chi connectivity index (χ1) is 10.00. The first-order valence-electron chi connectivity index (χ1n) is 7.57. The van der Waals surface area contributed by atoms with E-state index >= 15 is 0 Å². The number of amides is 2. The van der Waals surface area contributed by atoms with Gasteiger partial charge in [0.15, 0.2) is 11.5 Å². The van der Waals surface area contributed by atoms with Crippen LogP contribution in [0.25, 0.3) is 0 Å². The maximum Gasteiger partial charge on any atom is 0.319 e. The lowest BCUT2D eigenvalue weighted by molar-refractivity contribution is -0.0431. The zero-order chi connectivity index (χ0) is 15.3. The van der Waals surface area contributed by atoms with Gasteiger partial charge in [0.05, 0.1) is 0 Å². The Morgan fingerprint density at radius 1 is 1.14 bits per heavy atom. The molecule has 0 aliphatic carbocycles. The molecule has 116 valence electrons. The average Bonchev–Trinajstić information content (AvgIpc) is 2.71. The van der Waals surface area contributed by atoms with Gasteiger partial charge in [-0.05, 0) is 18.6 Å². The molecule has 0 radical (unpaired) electrons. The molecule has 1 aliphatic heterocycles. The topological polar surface area (TPSA) is 59.6 Å². The van der Waals surface area contributed by atoms with Crippen LogP contribution in [-0.4, -0.2) is 18.4 Å². The van der Waals surface area contributed by atoms with Gasteiger partial charge >= 0.3 is 6.03 Å². The van der Waals surface area contributed by atoms with Gasteiger partial charge in [-0.3, -0.25) is 0 Å². The van der Waals surface area contributed by atoms with Gasteiger partial charge in [0, 0.05) is 32.1 Å². The largest absolute Gasteiger partial charge is 0.449 e. The predicted octanol–water partition coefficient (Wildman–Crippen LogP) is 3.90. The van der Waals surface area contributed by atoms with Crippen LogP contribution < -0.4 is 20.1 Å². The number of carbonyl (C=O) groups excluding carboxylic acids is 1. The number of unbranched alkanes of at least 4 members (excludes halogenated alkanes) is 3. The SMILES string of the molecule is CCCCCCNC(=O)Nc1ccc2c(c1)OC(C)(C)O2. The number of carbonyl (C=O) groups is 1. The molecule has 1 heterocycles. The van der Waals surface area contributed by atoms with E-state index in [1.54, 1.807) is 18.2 Å². The van der Waals surface area contributed by atoms with E-state index in [1.165, 1.54) is 12.8 Å².